The normalized spacial score (nSPS) is 12.8. The molecule has 0 aliphatic carbocycles. The van der Waals surface area contributed by atoms with Crippen LogP contribution in [0, 0.1) is 11.8 Å². The number of carbonyl (C=O) groups is 1. The predicted octanol–water partition coefficient (Wildman–Crippen LogP) is 3.90. The van der Waals surface area contributed by atoms with E-state index in [9.17, 15) is 4.79 Å². The number of rotatable bonds is 10. The third-order valence-corrected chi connectivity index (χ3v) is 3.52. The molecule has 0 aliphatic rings. The third kappa shape index (κ3) is 7.37. The Bertz CT molecular complexity index is 187. The summed E-state index contributed by atoms with van der Waals surface area (Å²) in [5.41, 5.74) is 1.79. The Kier molecular flexibility index (Phi) is 10.2. The Balaban J connectivity index is 4.20. The van der Waals surface area contributed by atoms with Crippen LogP contribution in [0.2, 0.25) is 0 Å². The van der Waals surface area contributed by atoms with Crippen LogP contribution < -0.4 is 5.48 Å². The minimum absolute atomic E-state index is 0.0290. The number of hydrogen-bond donors (Lipinski definition) is 2. The number of amides is 1. The van der Waals surface area contributed by atoms with E-state index in [0.29, 0.717) is 5.92 Å². The van der Waals surface area contributed by atoms with Crippen LogP contribution in [0.5, 0.6) is 0 Å². The van der Waals surface area contributed by atoms with Gasteiger partial charge in [0.25, 0.3) is 0 Å². The van der Waals surface area contributed by atoms with Crippen LogP contribution in [0.1, 0.15) is 72.1 Å². The lowest BCUT2D eigenvalue weighted by Crippen LogP contribution is -2.29. The monoisotopic (exact) mass is 243 g/mol. The molecule has 1 atom stereocenters. The van der Waals surface area contributed by atoms with E-state index in [1.54, 1.807) is 5.48 Å². The van der Waals surface area contributed by atoms with Crippen molar-refractivity contribution >= 4 is 5.91 Å². The molecular weight excluding hydrogens is 214 g/mol. The van der Waals surface area contributed by atoms with Crippen LogP contribution in [0.15, 0.2) is 0 Å². The molecule has 17 heavy (non-hydrogen) atoms. The van der Waals surface area contributed by atoms with E-state index in [4.69, 9.17) is 5.21 Å². The van der Waals surface area contributed by atoms with Crippen LogP contribution >= 0.6 is 0 Å². The Morgan fingerprint density at radius 1 is 1.12 bits per heavy atom. The third-order valence-electron chi connectivity index (χ3n) is 3.52. The molecule has 3 nitrogen and oxygen atoms in total. The van der Waals surface area contributed by atoms with Crippen molar-refractivity contribution in [2.45, 2.75) is 72.1 Å². The van der Waals surface area contributed by atoms with Gasteiger partial charge >= 0.3 is 0 Å². The zero-order valence-electron chi connectivity index (χ0n) is 11.7. The summed E-state index contributed by atoms with van der Waals surface area (Å²) in [6, 6.07) is 0. The first kappa shape index (κ1) is 16.4. The molecule has 0 saturated heterocycles. The maximum Gasteiger partial charge on any atom is 0.246 e. The smallest absolute Gasteiger partial charge is 0.246 e. The second kappa shape index (κ2) is 10.6. The van der Waals surface area contributed by atoms with Crippen molar-refractivity contribution in [3.05, 3.63) is 0 Å². The minimum Gasteiger partial charge on any atom is -0.289 e. The first-order valence-electron chi connectivity index (χ1n) is 7.13. The summed E-state index contributed by atoms with van der Waals surface area (Å²) in [7, 11) is 0. The molecule has 2 N–H and O–H groups in total. The molecule has 0 rings (SSSR count). The molecule has 0 fully saturated rings. The van der Waals surface area contributed by atoms with Gasteiger partial charge in [-0.15, -0.1) is 0 Å². The number of hydroxylamine groups is 1. The molecular formula is C14H29NO2. The van der Waals surface area contributed by atoms with Crippen LogP contribution in [0.25, 0.3) is 0 Å². The van der Waals surface area contributed by atoms with Gasteiger partial charge in [0.05, 0.1) is 0 Å². The highest BCUT2D eigenvalue weighted by Crippen LogP contribution is 2.25. The first-order valence-corrected chi connectivity index (χ1v) is 7.13. The maximum atomic E-state index is 11.5. The van der Waals surface area contributed by atoms with E-state index in [-0.39, 0.29) is 11.8 Å². The summed E-state index contributed by atoms with van der Waals surface area (Å²) >= 11 is 0. The Morgan fingerprint density at radius 3 is 2.00 bits per heavy atom. The number of hydrogen-bond acceptors (Lipinski definition) is 2. The van der Waals surface area contributed by atoms with Crippen molar-refractivity contribution in [1.82, 2.24) is 5.48 Å². The minimum atomic E-state index is -0.217. The highest BCUT2D eigenvalue weighted by atomic mass is 16.5. The van der Waals surface area contributed by atoms with Gasteiger partial charge in [0.2, 0.25) is 5.91 Å². The highest BCUT2D eigenvalue weighted by molar-refractivity contribution is 5.77. The fraction of sp³-hybridized carbons (Fsp3) is 0.929. The van der Waals surface area contributed by atoms with Gasteiger partial charge in [0.15, 0.2) is 0 Å². The Morgan fingerprint density at radius 2 is 1.65 bits per heavy atom. The molecule has 0 radical (unpaired) electrons. The molecule has 102 valence electrons. The summed E-state index contributed by atoms with van der Waals surface area (Å²) < 4.78 is 0. The quantitative estimate of drug-likeness (QED) is 0.451. The summed E-state index contributed by atoms with van der Waals surface area (Å²) in [6.45, 7) is 6.42. The van der Waals surface area contributed by atoms with Crippen molar-refractivity contribution in [2.24, 2.45) is 11.8 Å². The van der Waals surface area contributed by atoms with Gasteiger partial charge in [-0.1, -0.05) is 59.3 Å². The second-order valence-electron chi connectivity index (χ2n) is 4.97. The number of carbonyl (C=O) groups excluding carboxylic acids is 1. The standard InChI is InChI=1S/C14H29NO2/c1-4-7-9-12(10-8-5-2)11-13(6-3)14(16)15-17/h12-13,17H,4-11H2,1-3H3,(H,15,16). The summed E-state index contributed by atoms with van der Waals surface area (Å²) in [5, 5.41) is 8.70. The van der Waals surface area contributed by atoms with Crippen molar-refractivity contribution in [3.63, 3.8) is 0 Å². The Hall–Kier alpha value is -0.570. The lowest BCUT2D eigenvalue weighted by Gasteiger charge is -2.21. The Labute approximate surface area is 106 Å². The summed E-state index contributed by atoms with van der Waals surface area (Å²) in [6.07, 6.45) is 9.07. The molecule has 0 spiro atoms. The van der Waals surface area contributed by atoms with E-state index in [2.05, 4.69) is 13.8 Å². The van der Waals surface area contributed by atoms with E-state index in [0.717, 1.165) is 12.8 Å². The molecule has 0 bridgehead atoms. The second-order valence-corrected chi connectivity index (χ2v) is 4.97. The van der Waals surface area contributed by atoms with E-state index in [1.165, 1.54) is 38.5 Å². The van der Waals surface area contributed by atoms with E-state index < -0.39 is 0 Å². The average Bonchev–Trinajstić information content (AvgIpc) is 2.37. The lowest BCUT2D eigenvalue weighted by molar-refractivity contribution is -0.134. The van der Waals surface area contributed by atoms with Crippen molar-refractivity contribution in [1.29, 1.82) is 0 Å². The number of nitrogens with one attached hydrogen (secondary N) is 1. The largest absolute Gasteiger partial charge is 0.289 e. The first-order chi connectivity index (χ1) is 8.19. The van der Waals surface area contributed by atoms with E-state index >= 15 is 0 Å². The highest BCUT2D eigenvalue weighted by Gasteiger charge is 2.20. The van der Waals surface area contributed by atoms with Gasteiger partial charge in [0, 0.05) is 5.92 Å². The molecule has 0 aliphatic heterocycles. The van der Waals surface area contributed by atoms with E-state index in [1.807, 2.05) is 6.92 Å². The maximum absolute atomic E-state index is 11.5. The molecule has 0 aromatic heterocycles. The summed E-state index contributed by atoms with van der Waals surface area (Å²) in [5.74, 6) is 0.390. The zero-order valence-corrected chi connectivity index (χ0v) is 11.7. The molecule has 1 amide bonds. The lowest BCUT2D eigenvalue weighted by atomic mass is 9.85. The van der Waals surface area contributed by atoms with Crippen LogP contribution in [-0.4, -0.2) is 11.1 Å². The van der Waals surface area contributed by atoms with Crippen LogP contribution in [0.4, 0.5) is 0 Å². The fourth-order valence-electron chi connectivity index (χ4n) is 2.32. The average molecular weight is 243 g/mol. The van der Waals surface area contributed by atoms with Crippen molar-refractivity contribution in [2.75, 3.05) is 0 Å². The molecule has 0 aromatic carbocycles. The van der Waals surface area contributed by atoms with Gasteiger partial charge in [-0.3, -0.25) is 10.0 Å². The van der Waals surface area contributed by atoms with Gasteiger partial charge in [-0.2, -0.15) is 0 Å². The molecule has 0 saturated carbocycles. The van der Waals surface area contributed by atoms with Gasteiger partial charge in [-0.25, -0.2) is 5.48 Å². The van der Waals surface area contributed by atoms with Gasteiger partial charge < -0.3 is 0 Å². The van der Waals surface area contributed by atoms with Crippen LogP contribution in [0.3, 0.4) is 0 Å². The number of unbranched alkanes of at least 4 members (excludes halogenated alkanes) is 2. The zero-order chi connectivity index (χ0) is 13.1. The van der Waals surface area contributed by atoms with Crippen molar-refractivity contribution in [3.8, 4) is 0 Å². The van der Waals surface area contributed by atoms with Crippen LogP contribution in [-0.2, 0) is 4.79 Å². The van der Waals surface area contributed by atoms with Gasteiger partial charge in [0.1, 0.15) is 0 Å². The SMILES string of the molecule is CCCCC(CCCC)CC(CC)C(=O)NO. The molecule has 1 unspecified atom stereocenters. The molecule has 0 aromatic rings. The topological polar surface area (TPSA) is 49.3 Å². The predicted molar refractivity (Wildman–Crippen MR) is 70.9 cm³/mol. The molecule has 0 heterocycles. The van der Waals surface area contributed by atoms with Gasteiger partial charge in [-0.05, 0) is 18.8 Å². The fourth-order valence-corrected chi connectivity index (χ4v) is 2.32. The molecule has 3 heteroatoms. The van der Waals surface area contributed by atoms with Crippen molar-refractivity contribution < 1.29 is 10.0 Å². The summed E-state index contributed by atoms with van der Waals surface area (Å²) in [4.78, 5) is 11.5.